The van der Waals surface area contributed by atoms with Gasteiger partial charge in [0.05, 0.1) is 0 Å². The summed E-state index contributed by atoms with van der Waals surface area (Å²) >= 11 is 0. The minimum atomic E-state index is -3.58. The first kappa shape index (κ1) is 12.8. The summed E-state index contributed by atoms with van der Waals surface area (Å²) in [6.07, 6.45) is 1.89. The van der Waals surface area contributed by atoms with Crippen molar-refractivity contribution in [3.8, 4) is 0 Å². The van der Waals surface area contributed by atoms with Gasteiger partial charge in [-0.2, -0.15) is 17.0 Å². The molecule has 98 valence electrons. The maximum Gasteiger partial charge on any atom is 0.322 e. The lowest BCUT2D eigenvalue weighted by atomic mass is 10.2. The van der Waals surface area contributed by atoms with Gasteiger partial charge in [0.1, 0.15) is 6.04 Å². The van der Waals surface area contributed by atoms with Gasteiger partial charge in [-0.15, -0.1) is 0 Å². The monoisotopic (exact) mass is 262 g/mol. The van der Waals surface area contributed by atoms with Crippen LogP contribution in [0.3, 0.4) is 0 Å². The zero-order valence-corrected chi connectivity index (χ0v) is 10.7. The topological polar surface area (TPSA) is 77.9 Å². The summed E-state index contributed by atoms with van der Waals surface area (Å²) in [5.41, 5.74) is 0. The van der Waals surface area contributed by atoms with Crippen molar-refractivity contribution in [1.29, 1.82) is 0 Å². The van der Waals surface area contributed by atoms with E-state index in [0.717, 1.165) is 10.7 Å². The van der Waals surface area contributed by atoms with Crippen molar-refractivity contribution in [3.63, 3.8) is 0 Å². The van der Waals surface area contributed by atoms with Crippen molar-refractivity contribution in [2.24, 2.45) is 5.92 Å². The van der Waals surface area contributed by atoms with Crippen LogP contribution < -0.4 is 0 Å². The fraction of sp³-hybridized carbons (Fsp3) is 0.900. The van der Waals surface area contributed by atoms with E-state index in [-0.39, 0.29) is 0 Å². The van der Waals surface area contributed by atoms with Gasteiger partial charge in [-0.3, -0.25) is 4.79 Å². The van der Waals surface area contributed by atoms with E-state index in [4.69, 9.17) is 5.11 Å². The van der Waals surface area contributed by atoms with Gasteiger partial charge in [0, 0.05) is 19.6 Å². The second-order valence-electron chi connectivity index (χ2n) is 4.87. The molecule has 0 aromatic carbocycles. The van der Waals surface area contributed by atoms with E-state index in [9.17, 15) is 13.2 Å². The van der Waals surface area contributed by atoms with Crippen molar-refractivity contribution >= 4 is 16.2 Å². The number of hydrogen-bond acceptors (Lipinski definition) is 3. The third-order valence-corrected chi connectivity index (χ3v) is 5.51. The SMILES string of the molecule is CC1CCN(S(=O)(=O)N2CCC[C@@H]2C(=O)O)C1. The predicted octanol–water partition coefficient (Wildman–Crippen LogP) is 0.122. The third-order valence-electron chi connectivity index (χ3n) is 3.50. The first-order chi connectivity index (χ1) is 7.93. The Morgan fingerprint density at radius 2 is 2.00 bits per heavy atom. The standard InChI is InChI=1S/C10H18N2O4S/c1-8-4-6-11(7-8)17(15,16)12-5-2-3-9(12)10(13)14/h8-9H,2-7H2,1H3,(H,13,14)/t8?,9-/m1/s1. The van der Waals surface area contributed by atoms with Gasteiger partial charge in [-0.25, -0.2) is 0 Å². The van der Waals surface area contributed by atoms with E-state index < -0.39 is 22.2 Å². The fourth-order valence-electron chi connectivity index (χ4n) is 2.52. The number of nitrogens with zero attached hydrogens (tertiary/aromatic N) is 2. The normalized spacial score (nSPS) is 32.1. The number of rotatable bonds is 3. The molecule has 2 aliphatic heterocycles. The first-order valence-electron chi connectivity index (χ1n) is 5.92. The van der Waals surface area contributed by atoms with Gasteiger partial charge >= 0.3 is 5.97 Å². The van der Waals surface area contributed by atoms with E-state index in [1.54, 1.807) is 0 Å². The smallest absolute Gasteiger partial charge is 0.322 e. The number of carbonyl (C=O) groups is 1. The zero-order chi connectivity index (χ0) is 12.6. The highest BCUT2D eigenvalue weighted by atomic mass is 32.2. The van der Waals surface area contributed by atoms with Crippen LogP contribution in [0.15, 0.2) is 0 Å². The van der Waals surface area contributed by atoms with E-state index >= 15 is 0 Å². The number of carboxylic acids is 1. The van der Waals surface area contributed by atoms with Gasteiger partial charge in [0.15, 0.2) is 0 Å². The van der Waals surface area contributed by atoms with Crippen LogP contribution in [0.5, 0.6) is 0 Å². The summed E-state index contributed by atoms with van der Waals surface area (Å²) in [5, 5.41) is 9.02. The molecule has 2 heterocycles. The molecular weight excluding hydrogens is 244 g/mol. The Bertz CT molecular complexity index is 409. The summed E-state index contributed by atoms with van der Waals surface area (Å²) in [5.74, 6) is -0.686. The summed E-state index contributed by atoms with van der Waals surface area (Å²) in [7, 11) is -3.58. The zero-order valence-electron chi connectivity index (χ0n) is 9.87. The van der Waals surface area contributed by atoms with Crippen molar-refractivity contribution in [2.75, 3.05) is 19.6 Å². The highest BCUT2D eigenvalue weighted by Crippen LogP contribution is 2.27. The van der Waals surface area contributed by atoms with Crippen molar-refractivity contribution in [3.05, 3.63) is 0 Å². The summed E-state index contributed by atoms with van der Waals surface area (Å²) in [6, 6.07) is -0.879. The molecule has 6 nitrogen and oxygen atoms in total. The van der Waals surface area contributed by atoms with Crippen LogP contribution in [0, 0.1) is 5.92 Å². The predicted molar refractivity (Wildman–Crippen MR) is 61.6 cm³/mol. The molecular formula is C10H18N2O4S. The van der Waals surface area contributed by atoms with Crippen LogP contribution in [0.4, 0.5) is 0 Å². The molecule has 2 atom stereocenters. The molecule has 1 unspecified atom stereocenters. The average Bonchev–Trinajstić information content (AvgIpc) is 2.84. The van der Waals surface area contributed by atoms with E-state index in [1.807, 2.05) is 6.92 Å². The molecule has 2 aliphatic rings. The van der Waals surface area contributed by atoms with Crippen molar-refractivity contribution < 1.29 is 18.3 Å². The van der Waals surface area contributed by atoms with E-state index in [1.165, 1.54) is 4.31 Å². The molecule has 0 aliphatic carbocycles. The van der Waals surface area contributed by atoms with Gasteiger partial charge in [-0.1, -0.05) is 6.92 Å². The number of carboxylic acid groups (broad SMARTS) is 1. The Kier molecular flexibility index (Phi) is 3.42. The molecule has 1 N–H and O–H groups in total. The molecule has 0 amide bonds. The summed E-state index contributed by atoms with van der Waals surface area (Å²) in [6.45, 7) is 3.34. The molecule has 2 fully saturated rings. The van der Waals surface area contributed by atoms with Crippen LogP contribution in [-0.4, -0.2) is 53.8 Å². The summed E-state index contributed by atoms with van der Waals surface area (Å²) < 4.78 is 27.1. The number of hydrogen-bond donors (Lipinski definition) is 1. The van der Waals surface area contributed by atoms with Gasteiger partial charge in [0.25, 0.3) is 10.2 Å². The quantitative estimate of drug-likeness (QED) is 0.783. The Hall–Kier alpha value is -0.660. The van der Waals surface area contributed by atoms with E-state index in [0.29, 0.717) is 38.4 Å². The van der Waals surface area contributed by atoms with Crippen LogP contribution in [0.1, 0.15) is 26.2 Å². The molecule has 2 saturated heterocycles. The lowest BCUT2D eigenvalue weighted by molar-refractivity contribution is -0.140. The molecule has 0 aromatic heterocycles. The minimum Gasteiger partial charge on any atom is -0.480 e. The maximum atomic E-state index is 12.3. The largest absolute Gasteiger partial charge is 0.480 e. The Morgan fingerprint density at radius 1 is 1.29 bits per heavy atom. The Balaban J connectivity index is 2.17. The van der Waals surface area contributed by atoms with Gasteiger partial charge in [-0.05, 0) is 25.2 Å². The average molecular weight is 262 g/mol. The lowest BCUT2D eigenvalue weighted by Gasteiger charge is -2.26. The van der Waals surface area contributed by atoms with Crippen LogP contribution in [-0.2, 0) is 15.0 Å². The lowest BCUT2D eigenvalue weighted by Crippen LogP contribution is -2.47. The first-order valence-corrected chi connectivity index (χ1v) is 7.32. The highest BCUT2D eigenvalue weighted by molar-refractivity contribution is 7.86. The van der Waals surface area contributed by atoms with Crippen LogP contribution in [0.25, 0.3) is 0 Å². The molecule has 17 heavy (non-hydrogen) atoms. The van der Waals surface area contributed by atoms with Crippen molar-refractivity contribution in [2.45, 2.75) is 32.2 Å². The Morgan fingerprint density at radius 3 is 2.53 bits per heavy atom. The fourth-order valence-corrected chi connectivity index (χ4v) is 4.47. The molecule has 0 bridgehead atoms. The second-order valence-corrected chi connectivity index (χ2v) is 6.75. The third kappa shape index (κ3) is 2.31. The second kappa shape index (κ2) is 4.55. The van der Waals surface area contributed by atoms with Gasteiger partial charge in [0.2, 0.25) is 0 Å². The van der Waals surface area contributed by atoms with E-state index in [2.05, 4.69) is 0 Å². The molecule has 2 rings (SSSR count). The molecule has 0 saturated carbocycles. The van der Waals surface area contributed by atoms with Gasteiger partial charge < -0.3 is 5.11 Å². The molecule has 0 spiro atoms. The summed E-state index contributed by atoms with van der Waals surface area (Å²) in [4.78, 5) is 11.0. The Labute approximate surface area is 101 Å². The minimum absolute atomic E-state index is 0.324. The van der Waals surface area contributed by atoms with Crippen molar-refractivity contribution in [1.82, 2.24) is 8.61 Å². The molecule has 7 heteroatoms. The highest BCUT2D eigenvalue weighted by Gasteiger charge is 2.43. The van der Waals surface area contributed by atoms with Crippen LogP contribution >= 0.6 is 0 Å². The molecule has 0 radical (unpaired) electrons. The van der Waals surface area contributed by atoms with Crippen LogP contribution in [0.2, 0.25) is 0 Å². The number of aliphatic carboxylic acids is 1. The maximum absolute atomic E-state index is 12.3. The molecule has 0 aromatic rings.